The van der Waals surface area contributed by atoms with Crippen molar-refractivity contribution in [2.24, 2.45) is 0 Å². The van der Waals surface area contributed by atoms with Crippen molar-refractivity contribution < 1.29 is 33.0 Å². The quantitative estimate of drug-likeness (QED) is 0.178. The van der Waals surface area contributed by atoms with Gasteiger partial charge in [0.05, 0.1) is 0 Å². The first-order valence-electron chi connectivity index (χ1n) is 7.77. The van der Waals surface area contributed by atoms with Crippen molar-refractivity contribution in [1.29, 1.82) is 0 Å². The normalized spacial score (nSPS) is 8.67. The van der Waals surface area contributed by atoms with Gasteiger partial charge in [0.2, 0.25) is 0 Å². The Bertz CT molecular complexity index is 164. The summed E-state index contributed by atoms with van der Waals surface area (Å²) in [7, 11) is 20.4. The minimum atomic E-state index is -0.472. The first-order valence-corrected chi connectivity index (χ1v) is 22.8. The second-order valence-electron chi connectivity index (χ2n) is 3.80. The Kier molecular flexibility index (Phi) is 70.4. The average Bonchev–Trinajstić information content (AvgIpc) is 2.60. The first-order chi connectivity index (χ1) is 11.4. The number of halogens is 4. The van der Waals surface area contributed by atoms with Crippen LogP contribution < -0.4 is 0 Å². The molecular formula is C16H36Cl4P2Pt2. The standard InChI is InChI=1S/2C6H15P.C4H6.4ClH.2Pt/c2*1-4-7(5-2)6-3;1-3-4-2;;;;;;/h2*4-6H2,1-3H3;3-4H,1-2H2;4*1H;;/q;;;;;;;2*+2/p-4. The second kappa shape index (κ2) is 44.9. The molecule has 0 atom stereocenters. The molecule has 0 aromatic rings. The van der Waals surface area contributed by atoms with E-state index >= 15 is 0 Å². The Morgan fingerprint density at radius 3 is 0.708 bits per heavy atom. The van der Waals surface area contributed by atoms with Gasteiger partial charge >= 0.3 is 70.6 Å². The molecule has 0 aliphatic carbocycles. The van der Waals surface area contributed by atoms with Crippen LogP contribution in [0.25, 0.3) is 0 Å². The van der Waals surface area contributed by atoms with Crippen LogP contribution in [0.5, 0.6) is 0 Å². The van der Waals surface area contributed by atoms with Crippen LogP contribution in [0.3, 0.4) is 0 Å². The van der Waals surface area contributed by atoms with Crippen LogP contribution in [0.1, 0.15) is 41.5 Å². The van der Waals surface area contributed by atoms with E-state index in [4.69, 9.17) is 37.7 Å². The second-order valence-corrected chi connectivity index (χ2v) is 16.8. The molecule has 0 nitrogen and oxygen atoms in total. The fourth-order valence-corrected chi connectivity index (χ4v) is 4.02. The molecular weight excluding hydrogens is 786 g/mol. The van der Waals surface area contributed by atoms with Gasteiger partial charge in [0, 0.05) is 0 Å². The Balaban J connectivity index is -0.0000000663. The molecule has 0 fully saturated rings. The molecule has 0 unspecified atom stereocenters. The predicted octanol–water partition coefficient (Wildman–Crippen LogP) is 9.17. The Hall–Kier alpha value is 2.88. The molecule has 0 aromatic heterocycles. The van der Waals surface area contributed by atoms with E-state index < -0.39 is 33.0 Å². The van der Waals surface area contributed by atoms with Gasteiger partial charge in [-0.15, -0.1) is 15.8 Å². The number of allylic oxidation sites excluding steroid dienone is 2. The first kappa shape index (κ1) is 37.6. The molecule has 0 rings (SSSR count). The van der Waals surface area contributed by atoms with E-state index in [0.717, 1.165) is 0 Å². The molecule has 8 heteroatoms. The van der Waals surface area contributed by atoms with Gasteiger partial charge in [0.25, 0.3) is 0 Å². The Morgan fingerprint density at radius 1 is 0.583 bits per heavy atom. The summed E-state index contributed by atoms with van der Waals surface area (Å²) in [4.78, 5) is 0. The molecule has 0 aliphatic heterocycles. The van der Waals surface area contributed by atoms with Crippen LogP contribution in [0.4, 0.5) is 0 Å². The predicted molar refractivity (Wildman–Crippen MR) is 121 cm³/mol. The topological polar surface area (TPSA) is 0 Å². The number of hydrogen-bond donors (Lipinski definition) is 0. The number of rotatable bonds is 7. The zero-order valence-electron chi connectivity index (χ0n) is 15.9. The molecule has 0 N–H and O–H groups in total. The van der Waals surface area contributed by atoms with Gasteiger partial charge in [-0.3, -0.25) is 0 Å². The van der Waals surface area contributed by atoms with E-state index in [1.165, 1.54) is 37.0 Å². The van der Waals surface area contributed by atoms with Crippen molar-refractivity contribution in [2.75, 3.05) is 37.0 Å². The summed E-state index contributed by atoms with van der Waals surface area (Å²) >= 11 is -0.944. The third-order valence-corrected chi connectivity index (χ3v) is 8.22. The summed E-state index contributed by atoms with van der Waals surface area (Å²) in [5.74, 6) is 0. The fourth-order valence-electron chi connectivity index (χ4n) is 1.34. The Labute approximate surface area is 188 Å². The van der Waals surface area contributed by atoms with E-state index in [0.29, 0.717) is 15.8 Å². The van der Waals surface area contributed by atoms with Gasteiger partial charge in [0.15, 0.2) is 0 Å². The fraction of sp³-hybridized carbons (Fsp3) is 0.750. The molecule has 0 saturated heterocycles. The van der Waals surface area contributed by atoms with E-state index in [-0.39, 0.29) is 0 Å². The van der Waals surface area contributed by atoms with E-state index in [9.17, 15) is 0 Å². The molecule has 0 spiro atoms. The summed E-state index contributed by atoms with van der Waals surface area (Å²) in [6, 6.07) is 0. The van der Waals surface area contributed by atoms with Gasteiger partial charge in [0.1, 0.15) is 0 Å². The van der Waals surface area contributed by atoms with Crippen molar-refractivity contribution in [3.8, 4) is 0 Å². The molecule has 0 amide bonds. The third kappa shape index (κ3) is 56.3. The molecule has 24 heavy (non-hydrogen) atoms. The summed E-state index contributed by atoms with van der Waals surface area (Å²) in [6.07, 6.45) is 11.8. The molecule has 0 radical (unpaired) electrons. The van der Waals surface area contributed by atoms with Crippen molar-refractivity contribution in [3.63, 3.8) is 0 Å². The SMILES string of the molecule is C=CC=C.CCP(CC)CC.CCP(CC)CC.[Cl][Pt][Cl].[Cl][Pt][Cl]. The minimum absolute atomic E-state index is 0.446. The molecule has 0 bridgehead atoms. The van der Waals surface area contributed by atoms with Crippen LogP contribution in [0.2, 0.25) is 0 Å². The zero-order valence-corrected chi connectivity index (χ0v) is 25.2. The molecule has 0 aliphatic rings. The van der Waals surface area contributed by atoms with Gasteiger partial charge in [-0.25, -0.2) is 0 Å². The van der Waals surface area contributed by atoms with Gasteiger partial charge in [-0.05, 0) is 37.0 Å². The van der Waals surface area contributed by atoms with Crippen LogP contribution in [0, 0.1) is 0 Å². The van der Waals surface area contributed by atoms with Crippen molar-refractivity contribution >= 4 is 53.5 Å². The molecule has 0 aromatic carbocycles. The maximum absolute atomic E-state index is 4.88. The van der Waals surface area contributed by atoms with Crippen LogP contribution in [-0.4, -0.2) is 37.0 Å². The van der Waals surface area contributed by atoms with E-state index in [2.05, 4.69) is 54.7 Å². The van der Waals surface area contributed by atoms with Crippen LogP contribution in [0.15, 0.2) is 25.3 Å². The maximum atomic E-state index is 4.88. The summed E-state index contributed by atoms with van der Waals surface area (Å²) in [5.41, 5.74) is 0. The van der Waals surface area contributed by atoms with E-state index in [1.54, 1.807) is 12.2 Å². The molecule has 158 valence electrons. The third-order valence-electron chi connectivity index (χ3n) is 2.85. The van der Waals surface area contributed by atoms with Crippen molar-refractivity contribution in [1.82, 2.24) is 0 Å². The molecule has 0 heterocycles. The summed E-state index contributed by atoms with van der Waals surface area (Å²) in [5, 5.41) is 0. The van der Waals surface area contributed by atoms with Gasteiger partial charge in [-0.2, -0.15) is 0 Å². The summed E-state index contributed by atoms with van der Waals surface area (Å²) < 4.78 is 0. The van der Waals surface area contributed by atoms with Crippen molar-refractivity contribution in [3.05, 3.63) is 25.3 Å². The molecule has 0 saturated carbocycles. The van der Waals surface area contributed by atoms with E-state index in [1.807, 2.05) is 0 Å². The van der Waals surface area contributed by atoms with Crippen LogP contribution >= 0.6 is 53.5 Å². The van der Waals surface area contributed by atoms with Crippen molar-refractivity contribution in [2.45, 2.75) is 41.5 Å². The monoisotopic (exact) mass is 820 g/mol. The average molecular weight is 822 g/mol. The van der Waals surface area contributed by atoms with Gasteiger partial charge in [-0.1, -0.05) is 66.9 Å². The Morgan fingerprint density at radius 2 is 0.708 bits per heavy atom. The zero-order chi connectivity index (χ0) is 20.2. The van der Waals surface area contributed by atoms with Gasteiger partial charge < -0.3 is 0 Å². The van der Waals surface area contributed by atoms with Crippen LogP contribution in [-0.2, 0) is 33.0 Å². The number of hydrogen-bond acceptors (Lipinski definition) is 0. The summed E-state index contributed by atoms with van der Waals surface area (Å²) in [6.45, 7) is 20.5.